The number of nitrogens with one attached hydrogen (secondary N) is 1. The quantitative estimate of drug-likeness (QED) is 0.547. The van der Waals surface area contributed by atoms with Crippen LogP contribution in [-0.2, 0) is 4.79 Å². The standard InChI is InChI=1S/C8H8N2O3/c9-6(8(12)13)4-5-2-1-3-7(11)10-5/h1-4H,9H2,(H,10,11)(H,12,13)/b6-4+. The highest BCUT2D eigenvalue weighted by Crippen LogP contribution is 1.96. The van der Waals surface area contributed by atoms with Crippen molar-refractivity contribution in [2.75, 3.05) is 0 Å². The van der Waals surface area contributed by atoms with E-state index in [1.54, 1.807) is 6.07 Å². The third-order valence-electron chi connectivity index (χ3n) is 1.35. The van der Waals surface area contributed by atoms with E-state index in [-0.39, 0.29) is 11.3 Å². The Balaban J connectivity index is 3.04. The van der Waals surface area contributed by atoms with Crippen LogP contribution in [0.5, 0.6) is 0 Å². The minimum absolute atomic E-state index is 0.299. The molecular weight excluding hydrogens is 172 g/mol. The number of carbonyl (C=O) groups is 1. The molecule has 0 saturated carbocycles. The normalized spacial score (nSPS) is 11.2. The zero-order valence-electron chi connectivity index (χ0n) is 6.65. The van der Waals surface area contributed by atoms with Crippen molar-refractivity contribution in [3.8, 4) is 0 Å². The Hall–Kier alpha value is -2.04. The fourth-order valence-corrected chi connectivity index (χ4v) is 0.778. The molecule has 1 rings (SSSR count). The number of nitrogens with two attached hydrogens (primary N) is 1. The third-order valence-corrected chi connectivity index (χ3v) is 1.35. The van der Waals surface area contributed by atoms with Crippen molar-refractivity contribution in [2.24, 2.45) is 5.73 Å². The summed E-state index contributed by atoms with van der Waals surface area (Å²) in [6.45, 7) is 0. The number of aliphatic carboxylic acids is 1. The molecule has 0 radical (unpaired) electrons. The number of aromatic nitrogens is 1. The van der Waals surface area contributed by atoms with Crippen molar-refractivity contribution in [3.05, 3.63) is 39.9 Å². The van der Waals surface area contributed by atoms with Gasteiger partial charge in [-0.1, -0.05) is 6.07 Å². The van der Waals surface area contributed by atoms with Gasteiger partial charge in [0.25, 0.3) is 0 Å². The molecule has 5 nitrogen and oxygen atoms in total. The summed E-state index contributed by atoms with van der Waals surface area (Å²) in [7, 11) is 0. The van der Waals surface area contributed by atoms with Crippen molar-refractivity contribution in [1.29, 1.82) is 0 Å². The summed E-state index contributed by atoms with van der Waals surface area (Å²) < 4.78 is 0. The molecule has 1 aromatic heterocycles. The van der Waals surface area contributed by atoms with Crippen LogP contribution in [0, 0.1) is 0 Å². The number of carboxylic acid groups (broad SMARTS) is 1. The first-order valence-corrected chi connectivity index (χ1v) is 3.49. The molecule has 13 heavy (non-hydrogen) atoms. The number of carboxylic acids is 1. The van der Waals surface area contributed by atoms with Crippen LogP contribution in [0.4, 0.5) is 0 Å². The van der Waals surface area contributed by atoms with Gasteiger partial charge in [-0.05, 0) is 12.1 Å². The Morgan fingerprint density at radius 3 is 2.77 bits per heavy atom. The fraction of sp³-hybridized carbons (Fsp3) is 0. The molecule has 0 amide bonds. The molecular formula is C8H8N2O3. The van der Waals surface area contributed by atoms with Crippen molar-refractivity contribution in [2.45, 2.75) is 0 Å². The number of aromatic amines is 1. The second-order valence-corrected chi connectivity index (χ2v) is 2.38. The van der Waals surface area contributed by atoms with Crippen molar-refractivity contribution < 1.29 is 9.90 Å². The highest BCUT2D eigenvalue weighted by Gasteiger charge is 2.00. The van der Waals surface area contributed by atoms with Crippen LogP contribution in [0.25, 0.3) is 6.08 Å². The average molecular weight is 180 g/mol. The summed E-state index contributed by atoms with van der Waals surface area (Å²) in [6.07, 6.45) is 1.18. The highest BCUT2D eigenvalue weighted by molar-refractivity contribution is 5.90. The topological polar surface area (TPSA) is 96.2 Å². The molecule has 1 aromatic rings. The van der Waals surface area contributed by atoms with Gasteiger partial charge in [0.2, 0.25) is 5.56 Å². The van der Waals surface area contributed by atoms with Crippen molar-refractivity contribution in [3.63, 3.8) is 0 Å². The van der Waals surface area contributed by atoms with Gasteiger partial charge in [0.05, 0.1) is 0 Å². The predicted molar refractivity (Wildman–Crippen MR) is 46.9 cm³/mol. The summed E-state index contributed by atoms with van der Waals surface area (Å²) in [5, 5.41) is 8.43. The molecule has 0 saturated heterocycles. The summed E-state index contributed by atoms with van der Waals surface area (Å²) in [6, 6.07) is 4.39. The van der Waals surface area contributed by atoms with Crippen LogP contribution in [0.1, 0.15) is 5.69 Å². The number of pyridine rings is 1. The van der Waals surface area contributed by atoms with E-state index in [0.717, 1.165) is 0 Å². The molecule has 0 spiro atoms. The highest BCUT2D eigenvalue weighted by atomic mass is 16.4. The van der Waals surface area contributed by atoms with Crippen molar-refractivity contribution >= 4 is 12.0 Å². The monoisotopic (exact) mass is 180 g/mol. The summed E-state index contributed by atoms with van der Waals surface area (Å²) in [5.41, 5.74) is 4.89. The molecule has 68 valence electrons. The van der Waals surface area contributed by atoms with E-state index in [0.29, 0.717) is 5.69 Å². The van der Waals surface area contributed by atoms with Crippen LogP contribution in [0.15, 0.2) is 28.7 Å². The summed E-state index contributed by atoms with van der Waals surface area (Å²) in [5.74, 6) is -1.22. The minimum atomic E-state index is -1.22. The number of rotatable bonds is 2. The van der Waals surface area contributed by atoms with Crippen LogP contribution >= 0.6 is 0 Å². The second-order valence-electron chi connectivity index (χ2n) is 2.38. The lowest BCUT2D eigenvalue weighted by Gasteiger charge is -1.94. The molecule has 0 bridgehead atoms. The number of hydrogen-bond donors (Lipinski definition) is 3. The van der Waals surface area contributed by atoms with Crippen LogP contribution < -0.4 is 11.3 Å². The molecule has 0 unspecified atom stereocenters. The van der Waals surface area contributed by atoms with E-state index in [1.165, 1.54) is 18.2 Å². The van der Waals surface area contributed by atoms with Gasteiger partial charge in [0.1, 0.15) is 5.70 Å². The van der Waals surface area contributed by atoms with Gasteiger partial charge < -0.3 is 15.8 Å². The van der Waals surface area contributed by atoms with E-state index in [1.807, 2.05) is 0 Å². The molecule has 0 aromatic carbocycles. The Bertz CT molecular complexity index is 406. The first-order valence-electron chi connectivity index (χ1n) is 3.49. The van der Waals surface area contributed by atoms with Gasteiger partial charge >= 0.3 is 5.97 Å². The first-order chi connectivity index (χ1) is 6.09. The lowest BCUT2D eigenvalue weighted by Crippen LogP contribution is -2.11. The largest absolute Gasteiger partial charge is 0.477 e. The average Bonchev–Trinajstić information content (AvgIpc) is 2.04. The predicted octanol–water partition coefficient (Wildman–Crippen LogP) is -0.241. The summed E-state index contributed by atoms with van der Waals surface area (Å²) >= 11 is 0. The SMILES string of the molecule is N/C(=C/c1cccc(=O)[nH]1)C(=O)O. The zero-order chi connectivity index (χ0) is 9.84. The maximum absolute atomic E-state index is 10.8. The summed E-state index contributed by atoms with van der Waals surface area (Å²) in [4.78, 5) is 23.5. The molecule has 0 fully saturated rings. The van der Waals surface area contributed by atoms with Gasteiger partial charge in [0, 0.05) is 11.8 Å². The molecule has 0 aliphatic carbocycles. The van der Waals surface area contributed by atoms with E-state index in [4.69, 9.17) is 10.8 Å². The number of hydrogen-bond acceptors (Lipinski definition) is 3. The number of H-pyrrole nitrogens is 1. The van der Waals surface area contributed by atoms with Crippen LogP contribution in [0.2, 0.25) is 0 Å². The Labute approximate surface area is 73.5 Å². The Morgan fingerprint density at radius 1 is 1.54 bits per heavy atom. The maximum atomic E-state index is 10.8. The minimum Gasteiger partial charge on any atom is -0.477 e. The van der Waals surface area contributed by atoms with E-state index in [9.17, 15) is 9.59 Å². The Kier molecular flexibility index (Phi) is 2.49. The maximum Gasteiger partial charge on any atom is 0.351 e. The van der Waals surface area contributed by atoms with Gasteiger partial charge in [-0.2, -0.15) is 0 Å². The van der Waals surface area contributed by atoms with Gasteiger partial charge in [-0.15, -0.1) is 0 Å². The van der Waals surface area contributed by atoms with E-state index < -0.39 is 5.97 Å². The van der Waals surface area contributed by atoms with Gasteiger partial charge in [-0.25, -0.2) is 4.79 Å². The lowest BCUT2D eigenvalue weighted by atomic mass is 10.3. The Morgan fingerprint density at radius 2 is 2.23 bits per heavy atom. The van der Waals surface area contributed by atoms with E-state index >= 15 is 0 Å². The van der Waals surface area contributed by atoms with Crippen LogP contribution in [0.3, 0.4) is 0 Å². The molecule has 0 aliphatic rings. The van der Waals surface area contributed by atoms with Gasteiger partial charge in [0.15, 0.2) is 0 Å². The molecule has 1 heterocycles. The molecule has 0 atom stereocenters. The lowest BCUT2D eigenvalue weighted by molar-refractivity contribution is -0.132. The molecule has 0 aliphatic heterocycles. The first kappa shape index (κ1) is 9.05. The van der Waals surface area contributed by atoms with Gasteiger partial charge in [-0.3, -0.25) is 4.79 Å². The molecule has 5 heteroatoms. The fourth-order valence-electron chi connectivity index (χ4n) is 0.778. The second kappa shape index (κ2) is 3.57. The van der Waals surface area contributed by atoms with Crippen molar-refractivity contribution in [1.82, 2.24) is 4.98 Å². The van der Waals surface area contributed by atoms with Crippen LogP contribution in [-0.4, -0.2) is 16.1 Å². The van der Waals surface area contributed by atoms with E-state index in [2.05, 4.69) is 4.98 Å². The molecule has 4 N–H and O–H groups in total. The zero-order valence-corrected chi connectivity index (χ0v) is 6.65. The third kappa shape index (κ3) is 2.48. The smallest absolute Gasteiger partial charge is 0.351 e.